The molecule has 2 heterocycles. The molecule has 1 aliphatic rings. The Labute approximate surface area is 124 Å². The number of pyridine rings is 1. The van der Waals surface area contributed by atoms with Crippen molar-refractivity contribution < 1.29 is 14.6 Å². The van der Waals surface area contributed by atoms with E-state index in [2.05, 4.69) is 25.8 Å². The van der Waals surface area contributed by atoms with E-state index in [1.165, 1.54) is 0 Å². The molecule has 1 saturated heterocycles. The van der Waals surface area contributed by atoms with Crippen molar-refractivity contribution in [3.8, 4) is 0 Å². The predicted octanol–water partition coefficient (Wildman–Crippen LogP) is 2.53. The van der Waals surface area contributed by atoms with E-state index >= 15 is 0 Å². The lowest BCUT2D eigenvalue weighted by atomic mass is 10.1. The number of aromatic carboxylic acids is 1. The minimum absolute atomic E-state index is 0.0707. The summed E-state index contributed by atoms with van der Waals surface area (Å²) in [4.78, 5) is 17.6. The molecule has 1 N–H and O–H groups in total. The third-order valence-corrected chi connectivity index (χ3v) is 3.80. The summed E-state index contributed by atoms with van der Waals surface area (Å²) in [6, 6.07) is 7.38. The van der Waals surface area contributed by atoms with E-state index in [1.54, 1.807) is 6.07 Å². The van der Waals surface area contributed by atoms with Crippen LogP contribution in [0.4, 0.5) is 5.82 Å². The fourth-order valence-corrected chi connectivity index (χ4v) is 2.69. The molecule has 6 heteroatoms. The van der Waals surface area contributed by atoms with Gasteiger partial charge in [-0.3, -0.25) is 0 Å². The highest BCUT2D eigenvalue weighted by Crippen LogP contribution is 2.29. The molecule has 0 aliphatic carbocycles. The molecule has 1 aromatic heterocycles. The monoisotopic (exact) mass is 336 g/mol. The number of anilines is 1. The lowest BCUT2D eigenvalue weighted by Gasteiger charge is -2.29. The van der Waals surface area contributed by atoms with Gasteiger partial charge in [-0.1, -0.05) is 22.0 Å². The normalized spacial score (nSPS) is 15.6. The first-order chi connectivity index (χ1) is 9.65. The number of carboxylic acids is 1. The quantitative estimate of drug-likeness (QED) is 0.912. The molecule has 0 atom stereocenters. The number of rotatable bonds is 2. The van der Waals surface area contributed by atoms with Gasteiger partial charge in [-0.2, -0.15) is 0 Å². The maximum atomic E-state index is 11.2. The van der Waals surface area contributed by atoms with Crippen LogP contribution >= 0.6 is 15.9 Å². The third kappa shape index (κ3) is 2.48. The van der Waals surface area contributed by atoms with Gasteiger partial charge in [0.25, 0.3) is 0 Å². The molecule has 0 bridgehead atoms. The summed E-state index contributed by atoms with van der Waals surface area (Å²) in [5, 5.41) is 11.0. The van der Waals surface area contributed by atoms with Crippen molar-refractivity contribution >= 4 is 38.5 Å². The van der Waals surface area contributed by atoms with Crippen molar-refractivity contribution in [1.82, 2.24) is 4.98 Å². The molecule has 1 aromatic carbocycles. The van der Waals surface area contributed by atoms with E-state index in [0.717, 1.165) is 28.3 Å². The first kappa shape index (κ1) is 13.3. The Kier molecular flexibility index (Phi) is 3.58. The number of carboxylic acid groups (broad SMARTS) is 1. The topological polar surface area (TPSA) is 62.7 Å². The molecule has 3 rings (SSSR count). The van der Waals surface area contributed by atoms with Crippen LogP contribution in [0.5, 0.6) is 0 Å². The summed E-state index contributed by atoms with van der Waals surface area (Å²) in [6.07, 6.45) is 0. The van der Waals surface area contributed by atoms with E-state index < -0.39 is 5.97 Å². The minimum atomic E-state index is -1.01. The van der Waals surface area contributed by atoms with Gasteiger partial charge in [0.1, 0.15) is 5.82 Å². The van der Waals surface area contributed by atoms with Gasteiger partial charge < -0.3 is 14.7 Å². The second-order valence-corrected chi connectivity index (χ2v) is 5.52. The number of hydrogen-bond donors (Lipinski definition) is 1. The molecular weight excluding hydrogens is 324 g/mol. The van der Waals surface area contributed by atoms with Gasteiger partial charge in [-0.05, 0) is 23.6 Å². The number of benzene rings is 1. The highest BCUT2D eigenvalue weighted by molar-refractivity contribution is 9.10. The summed E-state index contributed by atoms with van der Waals surface area (Å²) in [5.74, 6) is -0.297. The maximum Gasteiger partial charge on any atom is 0.354 e. The second kappa shape index (κ2) is 5.38. The van der Waals surface area contributed by atoms with Crippen molar-refractivity contribution in [2.45, 2.75) is 0 Å². The summed E-state index contributed by atoms with van der Waals surface area (Å²) in [7, 11) is 0. The number of nitrogens with zero attached hydrogens (tertiary/aromatic N) is 2. The zero-order chi connectivity index (χ0) is 14.1. The van der Waals surface area contributed by atoms with Crippen LogP contribution in [0.2, 0.25) is 0 Å². The van der Waals surface area contributed by atoms with Crippen molar-refractivity contribution in [1.29, 1.82) is 0 Å². The van der Waals surface area contributed by atoms with E-state index in [-0.39, 0.29) is 5.69 Å². The minimum Gasteiger partial charge on any atom is -0.477 e. The van der Waals surface area contributed by atoms with Crippen LogP contribution in [0.3, 0.4) is 0 Å². The molecule has 0 amide bonds. The molecule has 5 nitrogen and oxygen atoms in total. The fourth-order valence-electron chi connectivity index (χ4n) is 2.33. The van der Waals surface area contributed by atoms with Gasteiger partial charge in [0.05, 0.1) is 13.2 Å². The van der Waals surface area contributed by atoms with Crippen molar-refractivity contribution in [3.63, 3.8) is 0 Å². The van der Waals surface area contributed by atoms with E-state index in [1.807, 2.05) is 18.2 Å². The highest BCUT2D eigenvalue weighted by atomic mass is 79.9. The first-order valence-corrected chi connectivity index (χ1v) is 7.11. The summed E-state index contributed by atoms with van der Waals surface area (Å²) >= 11 is 3.45. The Morgan fingerprint density at radius 3 is 2.75 bits per heavy atom. The SMILES string of the molecule is O=C(O)c1cc2ccc(Br)cc2c(N2CCOCC2)n1. The third-order valence-electron chi connectivity index (χ3n) is 3.30. The molecule has 2 aromatic rings. The molecule has 20 heavy (non-hydrogen) atoms. The number of hydrogen-bond acceptors (Lipinski definition) is 4. The maximum absolute atomic E-state index is 11.2. The Balaban J connectivity index is 2.19. The van der Waals surface area contributed by atoms with Gasteiger partial charge in [-0.25, -0.2) is 9.78 Å². The largest absolute Gasteiger partial charge is 0.477 e. The number of carbonyl (C=O) groups is 1. The van der Waals surface area contributed by atoms with Gasteiger partial charge >= 0.3 is 5.97 Å². The lowest BCUT2D eigenvalue weighted by molar-refractivity contribution is 0.0690. The first-order valence-electron chi connectivity index (χ1n) is 6.31. The molecular formula is C14H13BrN2O3. The van der Waals surface area contributed by atoms with Gasteiger partial charge in [0, 0.05) is 22.9 Å². The second-order valence-electron chi connectivity index (χ2n) is 4.60. The number of fused-ring (bicyclic) bond motifs is 1. The Morgan fingerprint density at radius 2 is 2.05 bits per heavy atom. The molecule has 1 aliphatic heterocycles. The summed E-state index contributed by atoms with van der Waals surface area (Å²) in [5.41, 5.74) is 0.0707. The van der Waals surface area contributed by atoms with E-state index in [0.29, 0.717) is 19.0 Å². The molecule has 1 fully saturated rings. The Bertz CT molecular complexity index is 669. The van der Waals surface area contributed by atoms with Crippen LogP contribution in [-0.4, -0.2) is 42.4 Å². The zero-order valence-electron chi connectivity index (χ0n) is 10.7. The summed E-state index contributed by atoms with van der Waals surface area (Å²) in [6.45, 7) is 2.71. The molecule has 0 saturated carbocycles. The number of halogens is 1. The van der Waals surface area contributed by atoms with Crippen LogP contribution in [-0.2, 0) is 4.74 Å². The van der Waals surface area contributed by atoms with Crippen molar-refractivity contribution in [3.05, 3.63) is 34.4 Å². The fraction of sp³-hybridized carbons (Fsp3) is 0.286. The van der Waals surface area contributed by atoms with Crippen LogP contribution in [0.1, 0.15) is 10.5 Å². The molecule has 104 valence electrons. The van der Waals surface area contributed by atoms with E-state index in [9.17, 15) is 9.90 Å². The average Bonchev–Trinajstić information content (AvgIpc) is 2.47. The van der Waals surface area contributed by atoms with Crippen LogP contribution in [0.25, 0.3) is 10.8 Å². The molecule has 0 unspecified atom stereocenters. The number of ether oxygens (including phenoxy) is 1. The highest BCUT2D eigenvalue weighted by Gasteiger charge is 2.18. The van der Waals surface area contributed by atoms with Gasteiger partial charge in [-0.15, -0.1) is 0 Å². The molecule has 0 radical (unpaired) electrons. The lowest BCUT2D eigenvalue weighted by Crippen LogP contribution is -2.37. The van der Waals surface area contributed by atoms with Gasteiger partial charge in [0.15, 0.2) is 5.69 Å². The average molecular weight is 337 g/mol. The van der Waals surface area contributed by atoms with Crippen molar-refractivity contribution in [2.24, 2.45) is 0 Å². The van der Waals surface area contributed by atoms with E-state index in [4.69, 9.17) is 4.74 Å². The van der Waals surface area contributed by atoms with Crippen LogP contribution in [0, 0.1) is 0 Å². The van der Waals surface area contributed by atoms with Crippen LogP contribution in [0.15, 0.2) is 28.7 Å². The number of morpholine rings is 1. The summed E-state index contributed by atoms with van der Waals surface area (Å²) < 4.78 is 6.29. The standard InChI is InChI=1S/C14H13BrN2O3/c15-10-2-1-9-7-12(14(18)19)16-13(11(9)8-10)17-3-5-20-6-4-17/h1-2,7-8H,3-6H2,(H,18,19). The Hall–Kier alpha value is -1.66. The molecule has 0 spiro atoms. The van der Waals surface area contributed by atoms with Crippen molar-refractivity contribution in [2.75, 3.05) is 31.2 Å². The Morgan fingerprint density at radius 1 is 1.30 bits per heavy atom. The zero-order valence-corrected chi connectivity index (χ0v) is 12.3. The number of aromatic nitrogens is 1. The van der Waals surface area contributed by atoms with Crippen LogP contribution < -0.4 is 4.90 Å². The van der Waals surface area contributed by atoms with Gasteiger partial charge in [0.2, 0.25) is 0 Å². The smallest absolute Gasteiger partial charge is 0.354 e. The predicted molar refractivity (Wildman–Crippen MR) is 79.4 cm³/mol.